The lowest BCUT2D eigenvalue weighted by molar-refractivity contribution is -0.137. The van der Waals surface area contributed by atoms with Crippen LogP contribution in [0.25, 0.3) is 0 Å². The summed E-state index contributed by atoms with van der Waals surface area (Å²) in [6.07, 6.45) is 2.87. The zero-order valence-electron chi connectivity index (χ0n) is 12.6. The number of nitrogens with two attached hydrogens (primary N) is 1. The van der Waals surface area contributed by atoms with Gasteiger partial charge in [-0.05, 0) is 30.7 Å². The Morgan fingerprint density at radius 3 is 2.50 bits per heavy atom. The first-order chi connectivity index (χ1) is 9.72. The summed E-state index contributed by atoms with van der Waals surface area (Å²) in [6.45, 7) is 4.74. The predicted molar refractivity (Wildman–Crippen MR) is 96.0 cm³/mol. The van der Waals surface area contributed by atoms with Crippen LogP contribution in [0.4, 0.5) is 0 Å². The van der Waals surface area contributed by atoms with E-state index in [1.54, 1.807) is 0 Å². The molecule has 2 unspecified atom stereocenters. The number of hydrogen-bond donors (Lipinski definition) is 1. The van der Waals surface area contributed by atoms with E-state index < -0.39 is 0 Å². The molecule has 0 spiro atoms. The minimum atomic E-state index is 0. The van der Waals surface area contributed by atoms with Gasteiger partial charge in [0, 0.05) is 49.6 Å². The molecule has 1 aliphatic carbocycles. The summed E-state index contributed by atoms with van der Waals surface area (Å²) in [5.74, 6) is 0.530. The Morgan fingerprint density at radius 1 is 1.23 bits per heavy atom. The molecule has 0 radical (unpaired) electrons. The predicted octanol–water partition coefficient (Wildman–Crippen LogP) is 2.36. The second-order valence-corrected chi connectivity index (χ2v) is 6.98. The molecule has 1 saturated heterocycles. The Kier molecular flexibility index (Phi) is 8.14. The average Bonchev–Trinajstić information content (AvgIpc) is 3.10. The molecule has 2 N–H and O–H groups in total. The summed E-state index contributed by atoms with van der Waals surface area (Å²) in [6, 6.07) is 4.52. The average molecular weight is 366 g/mol. The van der Waals surface area contributed by atoms with E-state index in [9.17, 15) is 4.79 Å². The maximum absolute atomic E-state index is 12.4. The van der Waals surface area contributed by atoms with E-state index >= 15 is 0 Å². The number of nitrogens with zero attached hydrogens (tertiary/aromatic N) is 2. The van der Waals surface area contributed by atoms with Crippen molar-refractivity contribution in [3.05, 3.63) is 22.4 Å². The van der Waals surface area contributed by atoms with Crippen LogP contribution < -0.4 is 5.73 Å². The Hall–Kier alpha value is -0.330. The Balaban J connectivity index is 0.00000121. The van der Waals surface area contributed by atoms with Crippen molar-refractivity contribution in [2.45, 2.75) is 31.8 Å². The minimum absolute atomic E-state index is 0. The van der Waals surface area contributed by atoms with Crippen LogP contribution in [0, 0.1) is 5.92 Å². The first kappa shape index (κ1) is 19.7. The number of carbonyl (C=O) groups is 1. The van der Waals surface area contributed by atoms with Gasteiger partial charge in [-0.15, -0.1) is 36.2 Å². The smallest absolute Gasteiger partial charge is 0.225 e. The highest BCUT2D eigenvalue weighted by molar-refractivity contribution is 7.09. The molecular weight excluding hydrogens is 341 g/mol. The highest BCUT2D eigenvalue weighted by atomic mass is 35.5. The summed E-state index contributed by atoms with van der Waals surface area (Å²) in [4.78, 5) is 18.3. The van der Waals surface area contributed by atoms with E-state index in [0.717, 1.165) is 52.0 Å². The molecule has 126 valence electrons. The van der Waals surface area contributed by atoms with E-state index in [4.69, 9.17) is 5.73 Å². The lowest BCUT2D eigenvalue weighted by Crippen LogP contribution is -2.49. The molecule has 2 fully saturated rings. The van der Waals surface area contributed by atoms with Gasteiger partial charge in [-0.2, -0.15) is 0 Å². The molecule has 4 nitrogen and oxygen atoms in total. The summed E-state index contributed by atoms with van der Waals surface area (Å²) in [5.41, 5.74) is 5.91. The molecule has 1 aromatic heterocycles. The Labute approximate surface area is 148 Å². The van der Waals surface area contributed by atoms with Crippen molar-refractivity contribution >= 4 is 42.1 Å². The number of hydrogen-bond acceptors (Lipinski definition) is 4. The third kappa shape index (κ3) is 4.83. The molecule has 2 aliphatic rings. The molecule has 3 rings (SSSR count). The second kappa shape index (κ2) is 9.08. The van der Waals surface area contributed by atoms with E-state index in [2.05, 4.69) is 22.4 Å². The van der Waals surface area contributed by atoms with Gasteiger partial charge >= 0.3 is 0 Å². The molecule has 7 heteroatoms. The second-order valence-electron chi connectivity index (χ2n) is 5.95. The lowest BCUT2D eigenvalue weighted by atomic mass is 10.1. The number of amides is 1. The van der Waals surface area contributed by atoms with Crippen molar-refractivity contribution in [1.29, 1.82) is 0 Å². The van der Waals surface area contributed by atoms with Gasteiger partial charge in [0.25, 0.3) is 0 Å². The van der Waals surface area contributed by atoms with E-state index in [1.165, 1.54) is 4.88 Å². The third-order valence-corrected chi connectivity index (χ3v) is 5.33. The molecule has 0 bridgehead atoms. The fourth-order valence-corrected chi connectivity index (χ4v) is 3.99. The topological polar surface area (TPSA) is 49.6 Å². The summed E-state index contributed by atoms with van der Waals surface area (Å²) in [5, 5.41) is 2.12. The number of carbonyl (C=O) groups excluding carboxylic acids is 1. The van der Waals surface area contributed by atoms with Gasteiger partial charge in [-0.25, -0.2) is 0 Å². The molecule has 0 aromatic carbocycles. The lowest BCUT2D eigenvalue weighted by Gasteiger charge is -2.35. The summed E-state index contributed by atoms with van der Waals surface area (Å²) >= 11 is 1.81. The maximum Gasteiger partial charge on any atom is 0.225 e. The van der Waals surface area contributed by atoms with Crippen LogP contribution in [0.5, 0.6) is 0 Å². The van der Waals surface area contributed by atoms with E-state index in [-0.39, 0.29) is 36.8 Å². The van der Waals surface area contributed by atoms with Crippen LogP contribution >= 0.6 is 36.2 Å². The standard InChI is InChI=1S/C15H23N3OS.2ClH/c16-13-4-3-12(10-13)15(19)18-7-5-17(6-8-18)11-14-2-1-9-20-14;;/h1-2,9,12-13H,3-8,10-11,16H2;2*1H. The largest absolute Gasteiger partial charge is 0.340 e. The fraction of sp³-hybridized carbons (Fsp3) is 0.667. The van der Waals surface area contributed by atoms with Crippen molar-refractivity contribution in [3.63, 3.8) is 0 Å². The molecule has 1 saturated carbocycles. The van der Waals surface area contributed by atoms with Crippen molar-refractivity contribution < 1.29 is 4.79 Å². The third-order valence-electron chi connectivity index (χ3n) is 4.47. The number of rotatable bonds is 3. The first-order valence-electron chi connectivity index (χ1n) is 7.51. The zero-order chi connectivity index (χ0) is 13.9. The van der Waals surface area contributed by atoms with Crippen molar-refractivity contribution in [2.24, 2.45) is 11.7 Å². The summed E-state index contributed by atoms with van der Waals surface area (Å²) in [7, 11) is 0. The van der Waals surface area contributed by atoms with Crippen LogP contribution in [-0.4, -0.2) is 47.9 Å². The van der Waals surface area contributed by atoms with Crippen molar-refractivity contribution in [1.82, 2.24) is 9.80 Å². The first-order valence-corrected chi connectivity index (χ1v) is 8.39. The minimum Gasteiger partial charge on any atom is -0.340 e. The van der Waals surface area contributed by atoms with E-state index in [0.29, 0.717) is 5.91 Å². The van der Waals surface area contributed by atoms with Gasteiger partial charge < -0.3 is 10.6 Å². The molecule has 1 aliphatic heterocycles. The molecule has 2 atom stereocenters. The van der Waals surface area contributed by atoms with E-state index in [1.807, 2.05) is 16.2 Å². The molecular formula is C15H25Cl2N3OS. The summed E-state index contributed by atoms with van der Waals surface area (Å²) < 4.78 is 0. The van der Waals surface area contributed by atoms with Gasteiger partial charge in [0.15, 0.2) is 0 Å². The molecule has 1 amide bonds. The Bertz CT molecular complexity index is 450. The number of thiophene rings is 1. The zero-order valence-corrected chi connectivity index (χ0v) is 15.1. The van der Waals surface area contributed by atoms with Crippen LogP contribution in [0.15, 0.2) is 17.5 Å². The van der Waals surface area contributed by atoms with Gasteiger partial charge in [0.2, 0.25) is 5.91 Å². The van der Waals surface area contributed by atoms with Gasteiger partial charge in [-0.1, -0.05) is 6.07 Å². The van der Waals surface area contributed by atoms with Crippen LogP contribution in [-0.2, 0) is 11.3 Å². The highest BCUT2D eigenvalue weighted by Crippen LogP contribution is 2.26. The fourth-order valence-electron chi connectivity index (χ4n) is 3.25. The van der Waals surface area contributed by atoms with Gasteiger partial charge in [-0.3, -0.25) is 9.69 Å². The van der Waals surface area contributed by atoms with Gasteiger partial charge in [0.05, 0.1) is 0 Å². The maximum atomic E-state index is 12.4. The quantitative estimate of drug-likeness (QED) is 0.894. The van der Waals surface area contributed by atoms with Crippen molar-refractivity contribution in [2.75, 3.05) is 26.2 Å². The van der Waals surface area contributed by atoms with Crippen LogP contribution in [0.2, 0.25) is 0 Å². The molecule has 1 aromatic rings. The number of halogens is 2. The van der Waals surface area contributed by atoms with Crippen LogP contribution in [0.1, 0.15) is 24.1 Å². The Morgan fingerprint density at radius 2 is 1.95 bits per heavy atom. The molecule has 22 heavy (non-hydrogen) atoms. The van der Waals surface area contributed by atoms with Crippen LogP contribution in [0.3, 0.4) is 0 Å². The molecule has 2 heterocycles. The highest BCUT2D eigenvalue weighted by Gasteiger charge is 2.32. The van der Waals surface area contributed by atoms with Crippen molar-refractivity contribution in [3.8, 4) is 0 Å². The normalized spacial score (nSPS) is 25.4. The number of piperazine rings is 1. The SMILES string of the molecule is Cl.Cl.NC1CCC(C(=O)N2CCN(Cc3cccs3)CC2)C1. The monoisotopic (exact) mass is 365 g/mol. The van der Waals surface area contributed by atoms with Gasteiger partial charge in [0.1, 0.15) is 0 Å².